The van der Waals surface area contributed by atoms with E-state index in [9.17, 15) is 0 Å². The van der Waals surface area contributed by atoms with Crippen LogP contribution in [0.1, 0.15) is 25.5 Å². The van der Waals surface area contributed by atoms with Gasteiger partial charge in [-0.3, -0.25) is 0 Å². The van der Waals surface area contributed by atoms with Crippen molar-refractivity contribution in [3.8, 4) is 0 Å². The summed E-state index contributed by atoms with van der Waals surface area (Å²) >= 11 is 3.65. The Bertz CT molecular complexity index is 384. The molecule has 0 fully saturated rings. The van der Waals surface area contributed by atoms with E-state index in [0.717, 1.165) is 11.1 Å². The Morgan fingerprint density at radius 1 is 1.39 bits per heavy atom. The summed E-state index contributed by atoms with van der Waals surface area (Å²) in [6.45, 7) is 5.03. The normalized spacial score (nSPS) is 14.3. The third-order valence-electron chi connectivity index (χ3n) is 3.36. The summed E-state index contributed by atoms with van der Waals surface area (Å²) in [6.07, 6.45) is 0. The van der Waals surface area contributed by atoms with E-state index < -0.39 is 0 Å². The highest BCUT2D eigenvalue weighted by Crippen LogP contribution is 2.28. The quantitative estimate of drug-likeness (QED) is 0.872. The number of nitrogens with one attached hydrogen (secondary N) is 1. The molecule has 4 heteroatoms. The number of anilines is 1. The molecule has 18 heavy (non-hydrogen) atoms. The van der Waals surface area contributed by atoms with Crippen molar-refractivity contribution in [1.29, 1.82) is 0 Å². The first-order chi connectivity index (χ1) is 8.51. The van der Waals surface area contributed by atoms with Gasteiger partial charge in [0.1, 0.15) is 0 Å². The van der Waals surface area contributed by atoms with Gasteiger partial charge in [0.25, 0.3) is 0 Å². The van der Waals surface area contributed by atoms with Crippen LogP contribution in [0.2, 0.25) is 0 Å². The third kappa shape index (κ3) is 3.70. The van der Waals surface area contributed by atoms with E-state index in [1.165, 1.54) is 11.3 Å². The molecule has 0 spiro atoms. The molecule has 0 saturated carbocycles. The third-order valence-corrected chi connectivity index (χ3v) is 4.05. The Morgan fingerprint density at radius 3 is 2.56 bits per heavy atom. The first kappa shape index (κ1) is 15.5. The van der Waals surface area contributed by atoms with Crippen molar-refractivity contribution in [2.45, 2.75) is 25.9 Å². The second-order valence-corrected chi connectivity index (χ2v) is 5.49. The molecule has 0 aliphatic heterocycles. The summed E-state index contributed by atoms with van der Waals surface area (Å²) in [5.41, 5.74) is 2.47. The molecule has 2 unspecified atom stereocenters. The van der Waals surface area contributed by atoms with Crippen LogP contribution in [-0.2, 0) is 4.74 Å². The van der Waals surface area contributed by atoms with Gasteiger partial charge in [-0.25, -0.2) is 0 Å². The number of rotatable bonds is 6. The fraction of sp³-hybridized carbons (Fsp3) is 0.571. The van der Waals surface area contributed by atoms with Gasteiger partial charge in [-0.05, 0) is 38.6 Å². The highest BCUT2D eigenvalue weighted by Gasteiger charge is 2.13. The lowest BCUT2D eigenvalue weighted by molar-refractivity contribution is 0.183. The molecule has 0 bridgehead atoms. The average molecular weight is 315 g/mol. The van der Waals surface area contributed by atoms with E-state index in [1.807, 2.05) is 7.05 Å². The van der Waals surface area contributed by atoms with Crippen LogP contribution < -0.4 is 10.2 Å². The van der Waals surface area contributed by atoms with Crippen molar-refractivity contribution < 1.29 is 4.74 Å². The fourth-order valence-corrected chi connectivity index (χ4v) is 2.56. The second-order valence-electron chi connectivity index (χ2n) is 4.63. The summed E-state index contributed by atoms with van der Waals surface area (Å²) in [5, 5.41) is 3.25. The van der Waals surface area contributed by atoms with Gasteiger partial charge in [0.15, 0.2) is 0 Å². The number of ether oxygens (including phenoxy) is 1. The van der Waals surface area contributed by atoms with Gasteiger partial charge in [0.05, 0.1) is 6.61 Å². The maximum atomic E-state index is 5.19. The minimum atomic E-state index is 0.343. The van der Waals surface area contributed by atoms with E-state index in [1.54, 1.807) is 7.11 Å². The van der Waals surface area contributed by atoms with Crippen molar-refractivity contribution in [2.75, 3.05) is 32.7 Å². The van der Waals surface area contributed by atoms with E-state index >= 15 is 0 Å². The van der Waals surface area contributed by atoms with Gasteiger partial charge in [-0.2, -0.15) is 0 Å². The Morgan fingerprint density at radius 2 is 2.06 bits per heavy atom. The molecular weight excluding hydrogens is 292 g/mol. The monoisotopic (exact) mass is 314 g/mol. The van der Waals surface area contributed by atoms with Crippen molar-refractivity contribution in [3.05, 3.63) is 28.2 Å². The highest BCUT2D eigenvalue weighted by atomic mass is 79.9. The predicted octanol–water partition coefficient (Wildman–Crippen LogP) is 3.20. The van der Waals surface area contributed by atoms with Crippen LogP contribution in [-0.4, -0.2) is 33.9 Å². The zero-order valence-corrected chi connectivity index (χ0v) is 13.4. The van der Waals surface area contributed by atoms with Gasteiger partial charge in [-0.15, -0.1) is 0 Å². The Labute approximate surface area is 119 Å². The van der Waals surface area contributed by atoms with Crippen molar-refractivity contribution in [2.24, 2.45) is 0 Å². The maximum Gasteiger partial charge on any atom is 0.0663 e. The lowest BCUT2D eigenvalue weighted by atomic mass is 10.1. The molecule has 3 nitrogen and oxygen atoms in total. The minimum absolute atomic E-state index is 0.343. The number of methoxy groups -OCH3 is 1. The molecule has 102 valence electrons. The lowest BCUT2D eigenvalue weighted by Gasteiger charge is -2.27. The molecule has 0 saturated heterocycles. The zero-order valence-electron chi connectivity index (χ0n) is 11.8. The van der Waals surface area contributed by atoms with E-state index in [2.05, 4.69) is 65.2 Å². The number of hydrogen-bond donors (Lipinski definition) is 1. The zero-order chi connectivity index (χ0) is 13.7. The van der Waals surface area contributed by atoms with Gasteiger partial charge in [0.2, 0.25) is 0 Å². The molecule has 0 radical (unpaired) electrons. The van der Waals surface area contributed by atoms with Gasteiger partial charge < -0.3 is 15.0 Å². The first-order valence-corrected chi connectivity index (χ1v) is 6.99. The number of hydrogen-bond acceptors (Lipinski definition) is 3. The van der Waals surface area contributed by atoms with Crippen molar-refractivity contribution in [3.63, 3.8) is 0 Å². The molecule has 0 aliphatic carbocycles. The summed E-state index contributed by atoms with van der Waals surface area (Å²) in [5.74, 6) is 0. The van der Waals surface area contributed by atoms with Crippen LogP contribution in [0.25, 0.3) is 0 Å². The predicted molar refractivity (Wildman–Crippen MR) is 81.4 cm³/mol. The molecule has 1 aromatic carbocycles. The smallest absolute Gasteiger partial charge is 0.0663 e. The second kappa shape index (κ2) is 7.12. The molecule has 1 aromatic rings. The number of halogens is 1. The molecule has 0 aliphatic rings. The SMILES string of the molecule is CNC(C)c1ccc(N(C)C(C)COC)cc1Br. The van der Waals surface area contributed by atoms with Crippen LogP contribution in [0.15, 0.2) is 22.7 Å². The summed E-state index contributed by atoms with van der Waals surface area (Å²) in [4.78, 5) is 2.22. The Kier molecular flexibility index (Phi) is 6.12. The average Bonchev–Trinajstić information content (AvgIpc) is 2.37. The number of nitrogens with zero attached hydrogens (tertiary/aromatic N) is 1. The van der Waals surface area contributed by atoms with Gasteiger partial charge in [0, 0.05) is 36.4 Å². The maximum absolute atomic E-state index is 5.19. The van der Waals surface area contributed by atoms with Gasteiger partial charge >= 0.3 is 0 Å². The van der Waals surface area contributed by atoms with Crippen molar-refractivity contribution in [1.82, 2.24) is 5.32 Å². The largest absolute Gasteiger partial charge is 0.383 e. The lowest BCUT2D eigenvalue weighted by Crippen LogP contribution is -2.32. The van der Waals surface area contributed by atoms with Crippen LogP contribution in [0.3, 0.4) is 0 Å². The van der Waals surface area contributed by atoms with E-state index in [4.69, 9.17) is 4.74 Å². The van der Waals surface area contributed by atoms with Crippen LogP contribution >= 0.6 is 15.9 Å². The van der Waals surface area contributed by atoms with Gasteiger partial charge in [-0.1, -0.05) is 22.0 Å². The molecule has 0 heterocycles. The fourth-order valence-electron chi connectivity index (χ4n) is 1.85. The van der Waals surface area contributed by atoms with Crippen LogP contribution in [0, 0.1) is 0 Å². The van der Waals surface area contributed by atoms with Crippen LogP contribution in [0.5, 0.6) is 0 Å². The minimum Gasteiger partial charge on any atom is -0.383 e. The Balaban J connectivity index is 2.90. The highest BCUT2D eigenvalue weighted by molar-refractivity contribution is 9.10. The molecule has 0 aromatic heterocycles. The summed E-state index contributed by atoms with van der Waals surface area (Å²) < 4.78 is 6.33. The number of likely N-dealkylation sites (N-methyl/N-ethyl adjacent to an activating group) is 1. The van der Waals surface area contributed by atoms with E-state index in [0.29, 0.717) is 12.1 Å². The number of benzene rings is 1. The molecule has 2 atom stereocenters. The van der Waals surface area contributed by atoms with Crippen molar-refractivity contribution >= 4 is 21.6 Å². The molecular formula is C14H23BrN2O. The molecule has 1 N–H and O–H groups in total. The van der Waals surface area contributed by atoms with Crippen LogP contribution in [0.4, 0.5) is 5.69 Å². The topological polar surface area (TPSA) is 24.5 Å². The Hall–Kier alpha value is -0.580. The standard InChI is InChI=1S/C14H23BrN2O/c1-10(9-18-5)17(4)12-6-7-13(11(2)16-3)14(15)8-12/h6-8,10-11,16H,9H2,1-5H3. The summed E-state index contributed by atoms with van der Waals surface area (Å²) in [6, 6.07) is 7.18. The molecule has 1 rings (SSSR count). The van der Waals surface area contributed by atoms with E-state index in [-0.39, 0.29) is 0 Å². The summed E-state index contributed by atoms with van der Waals surface area (Å²) in [7, 11) is 5.79. The first-order valence-electron chi connectivity index (χ1n) is 6.19. The molecule has 0 amide bonds.